The van der Waals surface area contributed by atoms with E-state index in [1.807, 2.05) is 0 Å². The van der Waals surface area contributed by atoms with Gasteiger partial charge in [-0.15, -0.1) is 13.2 Å². The second-order valence-corrected chi connectivity index (χ2v) is 8.56. The highest BCUT2D eigenvalue weighted by molar-refractivity contribution is 5.88. The minimum absolute atomic E-state index is 0.0906. The summed E-state index contributed by atoms with van der Waals surface area (Å²) in [6.07, 6.45) is -1.78. The molecule has 1 saturated carbocycles. The van der Waals surface area contributed by atoms with E-state index in [9.17, 15) is 22.4 Å². The Morgan fingerprint density at radius 3 is 2.25 bits per heavy atom. The topological polar surface area (TPSA) is 61.5 Å². The quantitative estimate of drug-likeness (QED) is 0.588. The number of hydrogen-bond donors (Lipinski definition) is 1. The summed E-state index contributed by atoms with van der Waals surface area (Å²) in [7, 11) is 0. The van der Waals surface area contributed by atoms with E-state index in [2.05, 4.69) is 4.74 Å². The van der Waals surface area contributed by atoms with Crippen LogP contribution >= 0.6 is 0 Å². The average Bonchev–Trinajstić information content (AvgIpc) is 2.54. The molecule has 0 aliphatic heterocycles. The fourth-order valence-electron chi connectivity index (χ4n) is 3.89. The van der Waals surface area contributed by atoms with Gasteiger partial charge in [0.1, 0.15) is 17.2 Å². The van der Waals surface area contributed by atoms with E-state index in [0.717, 1.165) is 18.2 Å². The molecule has 1 fully saturated rings. The van der Waals surface area contributed by atoms with Crippen LogP contribution in [0.4, 0.5) is 17.6 Å². The summed E-state index contributed by atoms with van der Waals surface area (Å²) in [5.41, 5.74) is 4.00. The Kier molecular flexibility index (Phi) is 4.77. The van der Waals surface area contributed by atoms with Gasteiger partial charge >= 0.3 is 12.3 Å². The number of carbonyl (C=O) groups is 1. The average molecular weight is 401 g/mol. The lowest BCUT2D eigenvalue weighted by Crippen LogP contribution is -2.54. The summed E-state index contributed by atoms with van der Waals surface area (Å²) in [6, 6.07) is 2.77. The zero-order chi connectivity index (χ0) is 21.0. The van der Waals surface area contributed by atoms with Gasteiger partial charge in [-0.25, -0.2) is 4.39 Å². The molecule has 0 amide bonds. The summed E-state index contributed by atoms with van der Waals surface area (Å²) in [5.74, 6) is -1.72. The second kappa shape index (κ2) is 6.47. The van der Waals surface area contributed by atoms with Crippen molar-refractivity contribution in [1.29, 1.82) is 0 Å². The Morgan fingerprint density at radius 1 is 1.11 bits per heavy atom. The molecular weight excluding hydrogens is 378 g/mol. The van der Waals surface area contributed by atoms with Gasteiger partial charge in [-0.05, 0) is 70.2 Å². The largest absolute Gasteiger partial charge is 0.573 e. The van der Waals surface area contributed by atoms with E-state index in [4.69, 9.17) is 10.5 Å². The van der Waals surface area contributed by atoms with Gasteiger partial charge in [-0.2, -0.15) is 0 Å². The van der Waals surface area contributed by atoms with E-state index >= 15 is 0 Å². The first-order chi connectivity index (χ1) is 12.7. The first-order valence-electron chi connectivity index (χ1n) is 9.04. The van der Waals surface area contributed by atoms with Crippen LogP contribution in [0.5, 0.6) is 5.75 Å². The highest BCUT2D eigenvalue weighted by Gasteiger charge is 2.53. The molecule has 1 aromatic rings. The summed E-state index contributed by atoms with van der Waals surface area (Å²) in [6.45, 7) is 5.23. The minimum Gasteiger partial charge on any atom is -0.459 e. The normalized spacial score (nSPS) is 27.4. The van der Waals surface area contributed by atoms with Crippen molar-refractivity contribution in [1.82, 2.24) is 0 Å². The van der Waals surface area contributed by atoms with Gasteiger partial charge in [0, 0.05) is 11.1 Å². The molecule has 154 valence electrons. The predicted molar refractivity (Wildman–Crippen MR) is 94.7 cm³/mol. The lowest BCUT2D eigenvalue weighted by Gasteiger charge is -2.49. The van der Waals surface area contributed by atoms with Gasteiger partial charge in [0.15, 0.2) is 0 Å². The highest BCUT2D eigenvalue weighted by atomic mass is 19.4. The third kappa shape index (κ3) is 4.01. The fraction of sp³-hybridized carbons (Fsp3) is 0.550. The van der Waals surface area contributed by atoms with Crippen molar-refractivity contribution < 1.29 is 31.8 Å². The smallest absolute Gasteiger partial charge is 0.459 e. The molecule has 28 heavy (non-hydrogen) atoms. The molecule has 2 N–H and O–H groups in total. The number of ether oxygens (including phenoxy) is 2. The number of esters is 1. The van der Waals surface area contributed by atoms with E-state index in [1.165, 1.54) is 0 Å². The van der Waals surface area contributed by atoms with Crippen LogP contribution in [-0.2, 0) is 9.53 Å². The molecule has 0 aromatic heterocycles. The third-order valence-corrected chi connectivity index (χ3v) is 5.25. The minimum atomic E-state index is -4.94. The lowest BCUT2D eigenvalue weighted by molar-refractivity contribution is -0.274. The molecule has 3 aliphatic carbocycles. The van der Waals surface area contributed by atoms with Gasteiger partial charge in [-0.3, -0.25) is 4.79 Å². The summed E-state index contributed by atoms with van der Waals surface area (Å²) in [5, 5.41) is 0. The molecule has 3 aliphatic rings. The number of alkyl halides is 3. The van der Waals surface area contributed by atoms with E-state index in [-0.39, 0.29) is 11.1 Å². The molecule has 0 heterocycles. The van der Waals surface area contributed by atoms with Crippen molar-refractivity contribution in [3.05, 3.63) is 35.7 Å². The number of carbonyl (C=O) groups excluding carboxylic acids is 1. The van der Waals surface area contributed by atoms with Gasteiger partial charge in [0.25, 0.3) is 0 Å². The zero-order valence-corrected chi connectivity index (χ0v) is 16.0. The third-order valence-electron chi connectivity index (χ3n) is 5.25. The predicted octanol–water partition coefficient (Wildman–Crippen LogP) is 4.72. The van der Waals surface area contributed by atoms with Crippen LogP contribution in [0.1, 0.15) is 52.0 Å². The molecule has 0 radical (unpaired) electrons. The molecule has 8 heteroatoms. The summed E-state index contributed by atoms with van der Waals surface area (Å²) >= 11 is 0. The Hall–Kier alpha value is -2.09. The van der Waals surface area contributed by atoms with Crippen molar-refractivity contribution in [2.45, 2.75) is 64.0 Å². The van der Waals surface area contributed by atoms with Crippen LogP contribution in [0.15, 0.2) is 24.3 Å². The van der Waals surface area contributed by atoms with Crippen LogP contribution in [0, 0.1) is 11.2 Å². The van der Waals surface area contributed by atoms with Gasteiger partial charge in [0.2, 0.25) is 0 Å². The molecule has 4 rings (SSSR count). The molecule has 2 bridgehead atoms. The van der Waals surface area contributed by atoms with E-state index < -0.39 is 40.5 Å². The van der Waals surface area contributed by atoms with Crippen LogP contribution in [0.2, 0.25) is 0 Å². The van der Waals surface area contributed by atoms with Crippen LogP contribution < -0.4 is 10.5 Å². The lowest BCUT2D eigenvalue weighted by atomic mass is 9.57. The SMILES string of the molecule is CC(C)(C)OC(=O)C12C=C(c3cc(F)ccc3OC(F)(F)F)C(N)(CC1)CC2. The van der Waals surface area contributed by atoms with Gasteiger partial charge in [0.05, 0.1) is 5.41 Å². The van der Waals surface area contributed by atoms with Gasteiger partial charge in [-0.1, -0.05) is 6.08 Å². The van der Waals surface area contributed by atoms with Crippen molar-refractivity contribution in [3.8, 4) is 5.75 Å². The molecule has 0 saturated heterocycles. The monoisotopic (exact) mass is 401 g/mol. The Labute approximate surface area is 160 Å². The molecule has 0 atom stereocenters. The van der Waals surface area contributed by atoms with E-state index in [0.29, 0.717) is 25.7 Å². The number of benzene rings is 1. The zero-order valence-electron chi connectivity index (χ0n) is 16.0. The number of halogens is 4. The van der Waals surface area contributed by atoms with Crippen molar-refractivity contribution in [2.75, 3.05) is 0 Å². The summed E-state index contributed by atoms with van der Waals surface area (Å²) < 4.78 is 62.0. The second-order valence-electron chi connectivity index (χ2n) is 8.56. The van der Waals surface area contributed by atoms with Crippen molar-refractivity contribution in [2.24, 2.45) is 11.1 Å². The number of fused-ring (bicyclic) bond motifs is 2. The number of nitrogens with two attached hydrogens (primary N) is 1. The molecule has 0 unspecified atom stereocenters. The molecule has 1 aromatic carbocycles. The standard InChI is InChI=1S/C20H23F4NO3/c1-17(2,3)28-16(26)18-6-8-19(25,9-7-18)14(11-18)13-10-12(21)4-5-15(13)27-20(22,23)24/h4-5,10-11H,6-9,25H2,1-3H3. The fourth-order valence-corrected chi connectivity index (χ4v) is 3.89. The number of rotatable bonds is 3. The molecule has 4 nitrogen and oxygen atoms in total. The highest BCUT2D eigenvalue weighted by Crippen LogP contribution is 2.55. The van der Waals surface area contributed by atoms with Crippen LogP contribution in [0.3, 0.4) is 0 Å². The maximum Gasteiger partial charge on any atom is 0.573 e. The molecule has 0 spiro atoms. The number of hydrogen-bond acceptors (Lipinski definition) is 4. The van der Waals surface area contributed by atoms with Crippen molar-refractivity contribution >= 4 is 11.5 Å². The van der Waals surface area contributed by atoms with Crippen LogP contribution in [-0.4, -0.2) is 23.5 Å². The maximum absolute atomic E-state index is 13.9. The maximum atomic E-state index is 13.9. The summed E-state index contributed by atoms with van der Waals surface area (Å²) in [4.78, 5) is 12.9. The molecular formula is C20H23F4NO3. The first-order valence-corrected chi connectivity index (χ1v) is 9.04. The Morgan fingerprint density at radius 2 is 1.71 bits per heavy atom. The van der Waals surface area contributed by atoms with Gasteiger partial charge < -0.3 is 15.2 Å². The first kappa shape index (κ1) is 20.6. The Bertz CT molecular complexity index is 816. The van der Waals surface area contributed by atoms with E-state index in [1.54, 1.807) is 26.8 Å². The van der Waals surface area contributed by atoms with Crippen molar-refractivity contribution in [3.63, 3.8) is 0 Å². The van der Waals surface area contributed by atoms with Crippen LogP contribution in [0.25, 0.3) is 5.57 Å². The Balaban J connectivity index is 2.10.